The Hall–Kier alpha value is -2.06. The summed E-state index contributed by atoms with van der Waals surface area (Å²) in [5, 5.41) is 3.03. The fraction of sp³-hybridized carbons (Fsp3) is 0.308. The SMILES string of the molecule is CCc1cnc(CNc2cc(S(=O)(=O)NC)ccc2N)o1. The van der Waals surface area contributed by atoms with E-state index in [1.807, 2.05) is 6.92 Å². The first-order valence-corrected chi connectivity index (χ1v) is 7.95. The number of benzene rings is 1. The summed E-state index contributed by atoms with van der Waals surface area (Å²) in [6, 6.07) is 4.47. The first-order valence-electron chi connectivity index (χ1n) is 6.46. The van der Waals surface area contributed by atoms with E-state index < -0.39 is 10.0 Å². The van der Waals surface area contributed by atoms with E-state index >= 15 is 0 Å². The molecule has 0 saturated carbocycles. The van der Waals surface area contributed by atoms with Crippen molar-refractivity contribution in [2.24, 2.45) is 0 Å². The summed E-state index contributed by atoms with van der Waals surface area (Å²) in [4.78, 5) is 4.26. The Morgan fingerprint density at radius 2 is 2.14 bits per heavy atom. The van der Waals surface area contributed by atoms with Crippen molar-refractivity contribution in [3.05, 3.63) is 36.0 Å². The first kappa shape index (κ1) is 15.3. The van der Waals surface area contributed by atoms with Crippen molar-refractivity contribution < 1.29 is 12.8 Å². The molecule has 0 fully saturated rings. The molecule has 0 spiro atoms. The number of nitrogens with one attached hydrogen (secondary N) is 2. The van der Waals surface area contributed by atoms with E-state index in [0.29, 0.717) is 23.8 Å². The topological polar surface area (TPSA) is 110 Å². The number of aryl methyl sites for hydroxylation is 1. The standard InChI is InChI=1S/C13H18N4O3S/c1-3-9-7-17-13(20-9)8-16-12-6-10(4-5-11(12)14)21(18,19)15-2/h4-7,15-16H,3,8,14H2,1-2H3. The Balaban J connectivity index is 2.17. The van der Waals surface area contributed by atoms with Crippen LogP contribution in [0.4, 0.5) is 11.4 Å². The van der Waals surface area contributed by atoms with Crippen LogP contribution < -0.4 is 15.8 Å². The molecule has 1 heterocycles. The van der Waals surface area contributed by atoms with Crippen molar-refractivity contribution in [3.8, 4) is 0 Å². The zero-order chi connectivity index (χ0) is 15.5. The zero-order valence-corrected chi connectivity index (χ0v) is 12.7. The lowest BCUT2D eigenvalue weighted by Gasteiger charge is -2.10. The van der Waals surface area contributed by atoms with Gasteiger partial charge in [0.2, 0.25) is 15.9 Å². The summed E-state index contributed by atoms with van der Waals surface area (Å²) in [5.41, 5.74) is 6.81. The van der Waals surface area contributed by atoms with Crippen LogP contribution in [-0.4, -0.2) is 20.4 Å². The second kappa shape index (κ2) is 6.15. The molecule has 7 nitrogen and oxygen atoms in total. The predicted octanol–water partition coefficient (Wildman–Crippen LogP) is 1.34. The molecule has 0 bridgehead atoms. The number of nitrogens with zero attached hydrogens (tertiary/aromatic N) is 1. The van der Waals surface area contributed by atoms with E-state index in [4.69, 9.17) is 10.2 Å². The predicted molar refractivity (Wildman–Crippen MR) is 80.3 cm³/mol. The summed E-state index contributed by atoms with van der Waals surface area (Å²) in [6.07, 6.45) is 2.44. The summed E-state index contributed by atoms with van der Waals surface area (Å²) in [6.45, 7) is 2.30. The van der Waals surface area contributed by atoms with Crippen molar-refractivity contribution in [3.63, 3.8) is 0 Å². The molecule has 0 aliphatic carbocycles. The fourth-order valence-corrected chi connectivity index (χ4v) is 2.49. The minimum Gasteiger partial charge on any atom is -0.444 e. The molecule has 0 radical (unpaired) electrons. The van der Waals surface area contributed by atoms with Crippen LogP contribution in [0.1, 0.15) is 18.6 Å². The third-order valence-corrected chi connectivity index (χ3v) is 4.40. The van der Waals surface area contributed by atoms with Gasteiger partial charge in [-0.1, -0.05) is 6.92 Å². The molecule has 2 rings (SSSR count). The fourth-order valence-electron chi connectivity index (χ4n) is 1.74. The van der Waals surface area contributed by atoms with Gasteiger partial charge in [-0.3, -0.25) is 0 Å². The monoisotopic (exact) mass is 310 g/mol. The van der Waals surface area contributed by atoms with Crippen LogP contribution in [0.2, 0.25) is 0 Å². The van der Waals surface area contributed by atoms with Crippen LogP contribution in [0.3, 0.4) is 0 Å². The Bertz CT molecular complexity index is 725. The Kier molecular flexibility index (Phi) is 4.49. The number of rotatable bonds is 6. The van der Waals surface area contributed by atoms with Gasteiger partial charge in [-0.2, -0.15) is 0 Å². The van der Waals surface area contributed by atoms with Crippen LogP contribution in [0.5, 0.6) is 0 Å². The highest BCUT2D eigenvalue weighted by molar-refractivity contribution is 7.89. The molecule has 0 saturated heterocycles. The van der Waals surface area contributed by atoms with Gasteiger partial charge in [-0.05, 0) is 25.2 Å². The lowest BCUT2D eigenvalue weighted by atomic mass is 10.2. The number of hydrogen-bond donors (Lipinski definition) is 3. The maximum absolute atomic E-state index is 11.8. The van der Waals surface area contributed by atoms with Crippen molar-refractivity contribution >= 4 is 21.4 Å². The van der Waals surface area contributed by atoms with Crippen molar-refractivity contribution in [2.75, 3.05) is 18.1 Å². The number of sulfonamides is 1. The third kappa shape index (κ3) is 3.53. The van der Waals surface area contributed by atoms with Crippen LogP contribution >= 0.6 is 0 Å². The number of nitrogens with two attached hydrogens (primary N) is 1. The van der Waals surface area contributed by atoms with Gasteiger partial charge in [0, 0.05) is 6.42 Å². The average Bonchev–Trinajstić information content (AvgIpc) is 2.94. The van der Waals surface area contributed by atoms with Gasteiger partial charge in [0.1, 0.15) is 5.76 Å². The molecule has 0 atom stereocenters. The summed E-state index contributed by atoms with van der Waals surface area (Å²) >= 11 is 0. The Morgan fingerprint density at radius 3 is 2.76 bits per heavy atom. The maximum Gasteiger partial charge on any atom is 0.240 e. The van der Waals surface area contributed by atoms with Gasteiger partial charge >= 0.3 is 0 Å². The molecule has 1 aromatic carbocycles. The van der Waals surface area contributed by atoms with E-state index in [1.165, 1.54) is 19.2 Å². The minimum absolute atomic E-state index is 0.142. The largest absolute Gasteiger partial charge is 0.444 e. The Labute approximate surface area is 123 Å². The van der Waals surface area contributed by atoms with Gasteiger partial charge in [0.15, 0.2) is 0 Å². The number of hydrogen-bond acceptors (Lipinski definition) is 6. The number of aromatic nitrogens is 1. The maximum atomic E-state index is 11.8. The molecule has 1 aromatic heterocycles. The van der Waals surface area contributed by atoms with Gasteiger partial charge in [0.25, 0.3) is 0 Å². The summed E-state index contributed by atoms with van der Waals surface area (Å²) < 4.78 is 31.3. The molecule has 0 aliphatic rings. The average molecular weight is 310 g/mol. The van der Waals surface area contributed by atoms with Crippen LogP contribution in [0.15, 0.2) is 33.7 Å². The molecule has 114 valence electrons. The lowest BCUT2D eigenvalue weighted by Crippen LogP contribution is -2.18. The van der Waals surface area contributed by atoms with E-state index in [2.05, 4.69) is 15.0 Å². The highest BCUT2D eigenvalue weighted by Crippen LogP contribution is 2.23. The second-order valence-corrected chi connectivity index (χ2v) is 6.27. The van der Waals surface area contributed by atoms with E-state index in [9.17, 15) is 8.42 Å². The number of anilines is 2. The first-order chi connectivity index (χ1) is 9.96. The molecule has 8 heteroatoms. The quantitative estimate of drug-likeness (QED) is 0.694. The van der Waals surface area contributed by atoms with Gasteiger partial charge < -0.3 is 15.5 Å². The van der Waals surface area contributed by atoms with E-state index in [-0.39, 0.29) is 4.90 Å². The van der Waals surface area contributed by atoms with Gasteiger partial charge in [0.05, 0.1) is 29.0 Å². The van der Waals surface area contributed by atoms with E-state index in [0.717, 1.165) is 12.2 Å². The molecular weight excluding hydrogens is 292 g/mol. The molecule has 4 N–H and O–H groups in total. The molecule has 0 amide bonds. The molecule has 21 heavy (non-hydrogen) atoms. The van der Waals surface area contributed by atoms with Crippen molar-refractivity contribution in [2.45, 2.75) is 24.8 Å². The molecular formula is C13H18N4O3S. The number of oxazole rings is 1. The van der Waals surface area contributed by atoms with Crippen molar-refractivity contribution in [1.29, 1.82) is 0 Å². The summed E-state index contributed by atoms with van der Waals surface area (Å²) in [5.74, 6) is 1.32. The van der Waals surface area contributed by atoms with Gasteiger partial charge in [-0.25, -0.2) is 18.1 Å². The highest BCUT2D eigenvalue weighted by atomic mass is 32.2. The normalized spacial score (nSPS) is 11.5. The van der Waals surface area contributed by atoms with Crippen LogP contribution in [-0.2, 0) is 23.0 Å². The van der Waals surface area contributed by atoms with Crippen LogP contribution in [0.25, 0.3) is 0 Å². The zero-order valence-electron chi connectivity index (χ0n) is 11.9. The third-order valence-electron chi connectivity index (χ3n) is 2.98. The second-order valence-electron chi connectivity index (χ2n) is 4.38. The molecule has 0 aliphatic heterocycles. The minimum atomic E-state index is -3.50. The molecule has 0 unspecified atom stereocenters. The van der Waals surface area contributed by atoms with Crippen molar-refractivity contribution in [1.82, 2.24) is 9.71 Å². The summed E-state index contributed by atoms with van der Waals surface area (Å²) in [7, 11) is -2.15. The van der Waals surface area contributed by atoms with E-state index in [1.54, 1.807) is 12.3 Å². The highest BCUT2D eigenvalue weighted by Gasteiger charge is 2.13. The van der Waals surface area contributed by atoms with Gasteiger partial charge in [-0.15, -0.1) is 0 Å². The Morgan fingerprint density at radius 1 is 1.38 bits per heavy atom. The van der Waals surface area contributed by atoms with Crippen LogP contribution in [0, 0.1) is 0 Å². The number of nitrogen functional groups attached to an aromatic ring is 1. The lowest BCUT2D eigenvalue weighted by molar-refractivity contribution is 0.466. The molecule has 2 aromatic rings. The smallest absolute Gasteiger partial charge is 0.240 e.